The quantitative estimate of drug-likeness (QED) is 0.412. The van der Waals surface area contributed by atoms with Crippen molar-refractivity contribution in [3.8, 4) is 5.75 Å². The van der Waals surface area contributed by atoms with Gasteiger partial charge in [0.05, 0.1) is 12.0 Å². The fourth-order valence-electron chi connectivity index (χ4n) is 3.17. The summed E-state index contributed by atoms with van der Waals surface area (Å²) >= 11 is 0. The van der Waals surface area contributed by atoms with E-state index < -0.39 is 10.0 Å². The molecule has 8 heteroatoms. The van der Waals surface area contributed by atoms with E-state index in [1.807, 2.05) is 30.3 Å². The molecule has 3 N–H and O–H groups in total. The molecule has 3 aromatic carbocycles. The van der Waals surface area contributed by atoms with E-state index in [2.05, 4.69) is 29.2 Å². The van der Waals surface area contributed by atoms with Crippen LogP contribution in [0.15, 0.2) is 83.8 Å². The number of hydrogen-bond acceptors (Lipinski definition) is 5. The van der Waals surface area contributed by atoms with Gasteiger partial charge in [0.1, 0.15) is 5.75 Å². The number of carbonyl (C=O) groups excluding carboxylic acids is 1. The molecule has 0 aliphatic rings. The highest BCUT2D eigenvalue weighted by molar-refractivity contribution is 7.92. The summed E-state index contributed by atoms with van der Waals surface area (Å²) in [5.41, 5.74) is 1.80. The van der Waals surface area contributed by atoms with Crippen LogP contribution < -0.4 is 20.1 Å². The second kappa shape index (κ2) is 10.9. The fraction of sp³-hybridized carbons (Fsp3) is 0.240. The van der Waals surface area contributed by atoms with Gasteiger partial charge in [-0.25, -0.2) is 8.42 Å². The molecule has 0 aliphatic carbocycles. The maximum absolute atomic E-state index is 12.6. The smallest absolute Gasteiger partial charge is 0.261 e. The minimum atomic E-state index is -3.78. The average Bonchev–Trinajstić information content (AvgIpc) is 2.82. The third kappa shape index (κ3) is 6.73. The first-order valence-electron chi connectivity index (χ1n) is 10.7. The number of ether oxygens (including phenoxy) is 1. The van der Waals surface area contributed by atoms with E-state index in [0.717, 1.165) is 5.69 Å². The maximum Gasteiger partial charge on any atom is 0.261 e. The van der Waals surface area contributed by atoms with Crippen molar-refractivity contribution >= 4 is 27.3 Å². The Morgan fingerprint density at radius 2 is 1.52 bits per heavy atom. The van der Waals surface area contributed by atoms with Crippen LogP contribution in [0, 0.1) is 5.92 Å². The lowest BCUT2D eigenvalue weighted by atomic mass is 10.0. The predicted octanol–water partition coefficient (Wildman–Crippen LogP) is 4.36. The molecule has 0 saturated heterocycles. The molecular weight excluding hydrogens is 438 g/mol. The molecule has 0 fully saturated rings. The van der Waals surface area contributed by atoms with Crippen LogP contribution in [0.4, 0.5) is 11.4 Å². The lowest BCUT2D eigenvalue weighted by Gasteiger charge is -2.24. The predicted molar refractivity (Wildman–Crippen MR) is 131 cm³/mol. The van der Waals surface area contributed by atoms with Crippen molar-refractivity contribution in [1.82, 2.24) is 5.32 Å². The highest BCUT2D eigenvalue weighted by atomic mass is 32.2. The molecule has 0 aliphatic heterocycles. The highest BCUT2D eigenvalue weighted by Crippen LogP contribution is 2.20. The van der Waals surface area contributed by atoms with Crippen molar-refractivity contribution in [2.75, 3.05) is 23.7 Å². The van der Waals surface area contributed by atoms with Crippen molar-refractivity contribution in [1.29, 1.82) is 0 Å². The molecule has 0 bridgehead atoms. The Labute approximate surface area is 195 Å². The van der Waals surface area contributed by atoms with Gasteiger partial charge in [-0.1, -0.05) is 32.0 Å². The van der Waals surface area contributed by atoms with Crippen LogP contribution in [0.25, 0.3) is 0 Å². The average molecular weight is 468 g/mol. The van der Waals surface area contributed by atoms with E-state index in [-0.39, 0.29) is 16.8 Å². The summed E-state index contributed by atoms with van der Waals surface area (Å²) in [6.07, 6.45) is 0. The second-order valence-electron chi connectivity index (χ2n) is 7.93. The van der Waals surface area contributed by atoms with Crippen molar-refractivity contribution < 1.29 is 17.9 Å². The van der Waals surface area contributed by atoms with Gasteiger partial charge in [-0.15, -0.1) is 0 Å². The summed E-state index contributed by atoms with van der Waals surface area (Å²) in [7, 11) is -2.24. The molecule has 0 aromatic heterocycles. The van der Waals surface area contributed by atoms with E-state index in [1.54, 1.807) is 31.4 Å². The number of benzene rings is 3. The van der Waals surface area contributed by atoms with Crippen molar-refractivity contribution in [3.63, 3.8) is 0 Å². The van der Waals surface area contributed by atoms with Crippen molar-refractivity contribution in [3.05, 3.63) is 84.4 Å². The molecule has 1 unspecified atom stereocenters. The van der Waals surface area contributed by atoms with Crippen LogP contribution in [-0.4, -0.2) is 34.0 Å². The van der Waals surface area contributed by atoms with E-state index in [0.29, 0.717) is 29.5 Å². The van der Waals surface area contributed by atoms with Crippen molar-refractivity contribution in [2.24, 2.45) is 5.92 Å². The molecule has 7 nitrogen and oxygen atoms in total. The second-order valence-corrected chi connectivity index (χ2v) is 9.61. The number of para-hydroxylation sites is 1. The highest BCUT2D eigenvalue weighted by Gasteiger charge is 2.17. The van der Waals surface area contributed by atoms with E-state index in [9.17, 15) is 13.2 Å². The monoisotopic (exact) mass is 467 g/mol. The van der Waals surface area contributed by atoms with Crippen LogP contribution >= 0.6 is 0 Å². The van der Waals surface area contributed by atoms with Gasteiger partial charge in [0.15, 0.2) is 0 Å². The molecule has 174 valence electrons. The zero-order chi connectivity index (χ0) is 23.8. The summed E-state index contributed by atoms with van der Waals surface area (Å²) in [5, 5.41) is 6.37. The number of amides is 1. The van der Waals surface area contributed by atoms with Gasteiger partial charge in [-0.05, 0) is 66.6 Å². The minimum Gasteiger partial charge on any atom is -0.497 e. The Balaban J connectivity index is 1.61. The van der Waals surface area contributed by atoms with Crippen molar-refractivity contribution in [2.45, 2.75) is 24.8 Å². The van der Waals surface area contributed by atoms with E-state index in [4.69, 9.17) is 4.74 Å². The largest absolute Gasteiger partial charge is 0.497 e. The Bertz CT molecular complexity index is 1150. The molecule has 0 radical (unpaired) electrons. The zero-order valence-corrected chi connectivity index (χ0v) is 19.7. The Kier molecular flexibility index (Phi) is 7.95. The van der Waals surface area contributed by atoms with Crippen LogP contribution in [0.3, 0.4) is 0 Å². The van der Waals surface area contributed by atoms with Crippen LogP contribution in [0.1, 0.15) is 24.2 Å². The lowest BCUT2D eigenvalue weighted by molar-refractivity contribution is 0.0950. The molecule has 3 rings (SSSR count). The molecule has 33 heavy (non-hydrogen) atoms. The third-order valence-electron chi connectivity index (χ3n) is 5.18. The maximum atomic E-state index is 12.6. The topological polar surface area (TPSA) is 96.5 Å². The zero-order valence-electron chi connectivity index (χ0n) is 18.9. The first-order valence-corrected chi connectivity index (χ1v) is 12.1. The Hall–Kier alpha value is -3.52. The normalized spacial score (nSPS) is 12.1. The Morgan fingerprint density at radius 3 is 2.09 bits per heavy atom. The van der Waals surface area contributed by atoms with Gasteiger partial charge in [-0.3, -0.25) is 9.52 Å². The van der Waals surface area contributed by atoms with Gasteiger partial charge in [0, 0.05) is 29.5 Å². The van der Waals surface area contributed by atoms with Crippen LogP contribution in [0.2, 0.25) is 0 Å². The first kappa shape index (κ1) is 24.1. The fourth-order valence-corrected chi connectivity index (χ4v) is 4.22. The van der Waals surface area contributed by atoms with E-state index in [1.165, 1.54) is 24.3 Å². The van der Waals surface area contributed by atoms with Gasteiger partial charge in [0.2, 0.25) is 0 Å². The number of rotatable bonds is 10. The van der Waals surface area contributed by atoms with Gasteiger partial charge < -0.3 is 15.4 Å². The van der Waals surface area contributed by atoms with E-state index >= 15 is 0 Å². The number of anilines is 2. The van der Waals surface area contributed by atoms with Gasteiger partial charge in [-0.2, -0.15) is 0 Å². The first-order chi connectivity index (χ1) is 15.8. The summed E-state index contributed by atoms with van der Waals surface area (Å²) < 4.78 is 32.9. The number of methoxy groups -OCH3 is 1. The number of hydrogen-bond donors (Lipinski definition) is 3. The van der Waals surface area contributed by atoms with Gasteiger partial charge in [0.25, 0.3) is 15.9 Å². The molecule has 0 spiro atoms. The molecule has 3 aromatic rings. The molecular formula is C25H29N3O4S. The minimum absolute atomic E-state index is 0.0460. The molecule has 0 heterocycles. The third-order valence-corrected chi connectivity index (χ3v) is 6.58. The van der Waals surface area contributed by atoms with Crippen LogP contribution in [-0.2, 0) is 10.0 Å². The molecule has 0 saturated carbocycles. The number of carbonyl (C=O) groups is 1. The Morgan fingerprint density at radius 1 is 0.879 bits per heavy atom. The SMILES string of the molecule is COc1ccc(NS(=O)(=O)c2ccc(C(=O)NCC(Nc3ccccc3)C(C)C)cc2)cc1. The summed E-state index contributed by atoms with van der Waals surface area (Å²) in [6, 6.07) is 22.3. The molecule has 1 atom stereocenters. The standard InChI is InChI=1S/C25H29N3O4S/c1-18(2)24(27-20-7-5-4-6-8-20)17-26-25(29)19-9-15-23(16-10-19)33(30,31)28-21-11-13-22(32-3)14-12-21/h4-16,18,24,27-28H,17H2,1-3H3,(H,26,29). The summed E-state index contributed by atoms with van der Waals surface area (Å²) in [5.74, 6) is 0.664. The number of nitrogens with one attached hydrogen (secondary N) is 3. The lowest BCUT2D eigenvalue weighted by Crippen LogP contribution is -2.39. The summed E-state index contributed by atoms with van der Waals surface area (Å²) in [4.78, 5) is 12.7. The van der Waals surface area contributed by atoms with Crippen LogP contribution in [0.5, 0.6) is 5.75 Å². The number of sulfonamides is 1. The summed E-state index contributed by atoms with van der Waals surface area (Å²) in [6.45, 7) is 4.61. The van der Waals surface area contributed by atoms with Gasteiger partial charge >= 0.3 is 0 Å². The molecule has 1 amide bonds.